The number of hydrogen-bond acceptors (Lipinski definition) is 5. The van der Waals surface area contributed by atoms with Gasteiger partial charge >= 0.3 is 0 Å². The molecule has 3 fully saturated rings. The average molecular weight is 415 g/mol. The lowest BCUT2D eigenvalue weighted by molar-refractivity contribution is -0.149. The molecule has 6 rings (SSSR count). The Morgan fingerprint density at radius 1 is 0.871 bits per heavy atom. The van der Waals surface area contributed by atoms with Crippen LogP contribution in [0.1, 0.15) is 57.2 Å². The van der Waals surface area contributed by atoms with E-state index in [1.165, 1.54) is 4.90 Å². The van der Waals surface area contributed by atoms with Gasteiger partial charge in [-0.05, 0) is 31.7 Å². The van der Waals surface area contributed by atoms with Gasteiger partial charge in [-0.1, -0.05) is 54.1 Å². The number of rotatable bonds is 2. The third-order valence-electron chi connectivity index (χ3n) is 7.40. The number of aryl methyl sites for hydroxylation is 1. The van der Waals surface area contributed by atoms with Gasteiger partial charge in [-0.15, -0.1) is 0 Å². The first-order valence-electron chi connectivity index (χ1n) is 10.7. The lowest BCUT2D eigenvalue weighted by atomic mass is 9.77. The Morgan fingerprint density at radius 3 is 2.03 bits per heavy atom. The van der Waals surface area contributed by atoms with Crippen molar-refractivity contribution in [1.82, 2.24) is 4.90 Å². The maximum absolute atomic E-state index is 13.6. The van der Waals surface area contributed by atoms with Crippen LogP contribution in [0, 0.1) is 18.8 Å². The molecule has 6 heteroatoms. The summed E-state index contributed by atoms with van der Waals surface area (Å²) in [5, 5.41) is 0. The largest absolute Gasteiger partial charge is 0.349 e. The molecule has 3 atom stereocenters. The number of Topliss-reactive ketones (excluding diaryl/α,β-unsaturated/α-hetero) is 2. The predicted molar refractivity (Wildman–Crippen MR) is 109 cm³/mol. The van der Waals surface area contributed by atoms with Gasteiger partial charge in [-0.25, -0.2) is 0 Å². The van der Waals surface area contributed by atoms with Gasteiger partial charge in [0.2, 0.25) is 29.0 Å². The lowest BCUT2D eigenvalue weighted by Crippen LogP contribution is -2.53. The van der Waals surface area contributed by atoms with E-state index in [0.717, 1.165) is 24.8 Å². The van der Waals surface area contributed by atoms with Crippen LogP contribution in [0.25, 0.3) is 0 Å². The van der Waals surface area contributed by atoms with Crippen LogP contribution in [-0.2, 0) is 14.3 Å². The molecule has 156 valence electrons. The molecular weight excluding hydrogens is 394 g/mol. The molecule has 2 aliphatic carbocycles. The zero-order chi connectivity index (χ0) is 21.5. The molecule has 2 aromatic rings. The van der Waals surface area contributed by atoms with Crippen LogP contribution < -0.4 is 0 Å². The predicted octanol–water partition coefficient (Wildman–Crippen LogP) is 3.04. The second-order valence-electron chi connectivity index (χ2n) is 9.02. The van der Waals surface area contributed by atoms with E-state index in [9.17, 15) is 19.2 Å². The first-order valence-corrected chi connectivity index (χ1v) is 10.7. The zero-order valence-corrected chi connectivity index (χ0v) is 17.0. The number of nitrogens with zero attached hydrogens (tertiary/aromatic N) is 1. The fourth-order valence-electron chi connectivity index (χ4n) is 5.60. The summed E-state index contributed by atoms with van der Waals surface area (Å²) in [7, 11) is 0. The zero-order valence-electron chi connectivity index (χ0n) is 17.0. The first kappa shape index (κ1) is 18.6. The number of fused-ring (bicyclic) bond motifs is 3. The van der Waals surface area contributed by atoms with Crippen LogP contribution in [0.2, 0.25) is 0 Å². The second-order valence-corrected chi connectivity index (χ2v) is 9.02. The number of carbonyl (C=O) groups excluding carboxylic acids is 4. The molecule has 0 aromatic heterocycles. The number of ether oxygens (including phenoxy) is 1. The van der Waals surface area contributed by atoms with Gasteiger partial charge < -0.3 is 4.74 Å². The summed E-state index contributed by atoms with van der Waals surface area (Å²) in [5.41, 5.74) is 0.301. The van der Waals surface area contributed by atoms with Crippen molar-refractivity contribution < 1.29 is 23.9 Å². The number of ketones is 2. The van der Waals surface area contributed by atoms with Crippen LogP contribution in [0.3, 0.4) is 0 Å². The minimum atomic E-state index is -1.96. The number of amides is 2. The minimum Gasteiger partial charge on any atom is -0.349 e. The number of likely N-dealkylation sites (tertiary alicyclic amines) is 1. The molecule has 2 saturated heterocycles. The molecule has 31 heavy (non-hydrogen) atoms. The number of benzene rings is 2. The van der Waals surface area contributed by atoms with Crippen molar-refractivity contribution in [2.75, 3.05) is 0 Å². The molecule has 2 amide bonds. The van der Waals surface area contributed by atoms with Gasteiger partial charge in [0, 0.05) is 17.2 Å². The highest BCUT2D eigenvalue weighted by atomic mass is 16.5. The summed E-state index contributed by atoms with van der Waals surface area (Å²) in [4.78, 5) is 55.6. The molecule has 2 heterocycles. The maximum Gasteiger partial charge on any atom is 0.237 e. The van der Waals surface area contributed by atoms with Gasteiger partial charge in [0.1, 0.15) is 0 Å². The van der Waals surface area contributed by atoms with E-state index in [0.29, 0.717) is 5.56 Å². The van der Waals surface area contributed by atoms with Crippen molar-refractivity contribution in [1.29, 1.82) is 0 Å². The standard InChI is InChI=1S/C25H21NO5/c1-13-9-11-14(12-10-13)20-18-19(24(30)26(23(18)29)15-5-4-6-15)25(31-20)21(27)16-7-2-3-8-17(16)22(25)28/h2-3,7-12,15,18-20H,4-6H2,1H3/t18-,19-,20-/m1/s1. The molecule has 1 saturated carbocycles. The minimum absolute atomic E-state index is 0.143. The summed E-state index contributed by atoms with van der Waals surface area (Å²) in [5.74, 6) is -3.77. The van der Waals surface area contributed by atoms with Gasteiger partial charge in [-0.3, -0.25) is 24.1 Å². The number of hydrogen-bond donors (Lipinski definition) is 0. The Morgan fingerprint density at radius 2 is 1.48 bits per heavy atom. The lowest BCUT2D eigenvalue weighted by Gasteiger charge is -2.35. The summed E-state index contributed by atoms with van der Waals surface area (Å²) >= 11 is 0. The number of imide groups is 1. The third-order valence-corrected chi connectivity index (χ3v) is 7.40. The molecule has 1 spiro atoms. The van der Waals surface area contributed by atoms with Crippen molar-refractivity contribution in [3.05, 3.63) is 70.8 Å². The van der Waals surface area contributed by atoms with Crippen molar-refractivity contribution in [3.8, 4) is 0 Å². The fourth-order valence-corrected chi connectivity index (χ4v) is 5.60. The number of carbonyl (C=O) groups is 4. The highest BCUT2D eigenvalue weighted by Gasteiger charge is 2.75. The molecule has 0 radical (unpaired) electrons. The highest BCUT2D eigenvalue weighted by molar-refractivity contribution is 6.35. The average Bonchev–Trinajstić information content (AvgIpc) is 3.29. The Bertz CT molecular complexity index is 1130. The van der Waals surface area contributed by atoms with Crippen LogP contribution >= 0.6 is 0 Å². The molecular formula is C25H21NO5. The topological polar surface area (TPSA) is 80.8 Å². The van der Waals surface area contributed by atoms with Crippen molar-refractivity contribution >= 4 is 23.4 Å². The van der Waals surface area contributed by atoms with E-state index in [-0.39, 0.29) is 23.1 Å². The monoisotopic (exact) mass is 415 g/mol. The SMILES string of the molecule is Cc1ccc([C@H]2OC3(C(=O)c4ccccc4C3=O)[C@H]3C(=O)N(C4CCC4)C(=O)[C@@H]23)cc1. The molecule has 4 aliphatic rings. The van der Waals surface area contributed by atoms with E-state index in [1.54, 1.807) is 24.3 Å². The Balaban J connectivity index is 1.53. The van der Waals surface area contributed by atoms with E-state index in [2.05, 4.69) is 0 Å². The van der Waals surface area contributed by atoms with Crippen LogP contribution in [-0.4, -0.2) is 39.9 Å². The summed E-state index contributed by atoms with van der Waals surface area (Å²) in [6.07, 6.45) is 1.67. The first-order chi connectivity index (χ1) is 14.9. The Hall–Kier alpha value is -3.12. The van der Waals surface area contributed by atoms with Gasteiger partial charge in [0.25, 0.3) is 0 Å². The molecule has 0 bridgehead atoms. The fraction of sp³-hybridized carbons (Fsp3) is 0.360. The molecule has 0 N–H and O–H groups in total. The summed E-state index contributed by atoms with van der Waals surface area (Å²) in [6, 6.07) is 13.9. The van der Waals surface area contributed by atoms with Gasteiger partial charge in [0.15, 0.2) is 0 Å². The normalized spacial score (nSPS) is 28.9. The summed E-state index contributed by atoms with van der Waals surface area (Å²) < 4.78 is 6.26. The maximum atomic E-state index is 13.6. The summed E-state index contributed by atoms with van der Waals surface area (Å²) in [6.45, 7) is 1.95. The third kappa shape index (κ3) is 2.20. The molecule has 2 aromatic carbocycles. The molecule has 2 aliphatic heterocycles. The molecule has 6 nitrogen and oxygen atoms in total. The Labute approximate surface area is 179 Å². The van der Waals surface area contributed by atoms with Crippen molar-refractivity contribution in [3.63, 3.8) is 0 Å². The van der Waals surface area contributed by atoms with Crippen LogP contribution in [0.4, 0.5) is 0 Å². The van der Waals surface area contributed by atoms with E-state index in [1.807, 2.05) is 31.2 Å². The van der Waals surface area contributed by atoms with E-state index in [4.69, 9.17) is 4.74 Å². The quantitative estimate of drug-likeness (QED) is 0.556. The smallest absolute Gasteiger partial charge is 0.237 e. The second kappa shape index (κ2) is 6.20. The van der Waals surface area contributed by atoms with Gasteiger partial charge in [0.05, 0.1) is 17.9 Å². The highest BCUT2D eigenvalue weighted by Crippen LogP contribution is 2.58. The van der Waals surface area contributed by atoms with Crippen molar-refractivity contribution in [2.24, 2.45) is 11.8 Å². The van der Waals surface area contributed by atoms with Crippen LogP contribution in [0.5, 0.6) is 0 Å². The van der Waals surface area contributed by atoms with Crippen molar-refractivity contribution in [2.45, 2.75) is 43.9 Å². The van der Waals surface area contributed by atoms with Crippen LogP contribution in [0.15, 0.2) is 48.5 Å². The van der Waals surface area contributed by atoms with Gasteiger partial charge in [-0.2, -0.15) is 0 Å². The van der Waals surface area contributed by atoms with E-state index < -0.39 is 41.0 Å². The Kier molecular flexibility index (Phi) is 3.73. The molecule has 0 unspecified atom stereocenters. The van der Waals surface area contributed by atoms with E-state index >= 15 is 0 Å².